The number of hydrogen-bond acceptors (Lipinski definition) is 4. The summed E-state index contributed by atoms with van der Waals surface area (Å²) >= 11 is 0. The first-order chi connectivity index (χ1) is 10.0. The summed E-state index contributed by atoms with van der Waals surface area (Å²) in [5, 5.41) is 2.85. The Hall–Kier alpha value is -2.43. The molecule has 1 aromatic carbocycles. The van der Waals surface area contributed by atoms with Crippen molar-refractivity contribution in [1.82, 2.24) is 15.3 Å². The minimum Gasteiger partial charge on any atom is -0.363 e. The molecule has 5 heteroatoms. The number of carbonyl (C=O) groups is 1. The Kier molecular flexibility index (Phi) is 4.87. The summed E-state index contributed by atoms with van der Waals surface area (Å²) in [5.41, 5.74) is 2.16. The van der Waals surface area contributed by atoms with Crippen molar-refractivity contribution in [1.29, 1.82) is 0 Å². The quantitative estimate of drug-likeness (QED) is 0.908. The second-order valence-electron chi connectivity index (χ2n) is 5.17. The van der Waals surface area contributed by atoms with E-state index in [1.165, 1.54) is 0 Å². The fourth-order valence-corrected chi connectivity index (χ4v) is 1.97. The zero-order valence-corrected chi connectivity index (χ0v) is 12.6. The number of benzene rings is 1. The maximum atomic E-state index is 11.9. The molecule has 0 saturated carbocycles. The normalized spacial score (nSPS) is 10.2. The van der Waals surface area contributed by atoms with E-state index in [2.05, 4.69) is 15.3 Å². The lowest BCUT2D eigenvalue weighted by molar-refractivity contribution is -0.120. The lowest BCUT2D eigenvalue weighted by Gasteiger charge is -2.12. The summed E-state index contributed by atoms with van der Waals surface area (Å²) < 4.78 is 0. The zero-order chi connectivity index (χ0) is 15.2. The van der Waals surface area contributed by atoms with Crippen LogP contribution in [0, 0.1) is 6.92 Å². The Morgan fingerprint density at radius 2 is 2.10 bits per heavy atom. The van der Waals surface area contributed by atoms with Crippen LogP contribution in [0.2, 0.25) is 0 Å². The van der Waals surface area contributed by atoms with E-state index in [4.69, 9.17) is 0 Å². The largest absolute Gasteiger partial charge is 0.363 e. The Morgan fingerprint density at radius 1 is 1.29 bits per heavy atom. The van der Waals surface area contributed by atoms with Crippen molar-refractivity contribution in [3.63, 3.8) is 0 Å². The number of amides is 1. The predicted octanol–water partition coefficient (Wildman–Crippen LogP) is 1.71. The first-order valence-electron chi connectivity index (χ1n) is 6.86. The number of nitrogens with zero attached hydrogens (tertiary/aromatic N) is 3. The van der Waals surface area contributed by atoms with Gasteiger partial charge in [0.1, 0.15) is 11.6 Å². The van der Waals surface area contributed by atoms with Crippen LogP contribution in [-0.2, 0) is 17.8 Å². The average Bonchev–Trinajstić information content (AvgIpc) is 2.45. The Morgan fingerprint density at radius 3 is 2.81 bits per heavy atom. The van der Waals surface area contributed by atoms with Crippen LogP contribution in [0.25, 0.3) is 0 Å². The standard InChI is InChI=1S/C16H20N4O/c1-12-5-4-6-13(9-12)10-16(21)18-11-14-17-8-7-15(19-14)20(2)3/h4-9H,10-11H2,1-3H3,(H,18,21). The number of carbonyl (C=O) groups excluding carboxylic acids is 1. The second-order valence-corrected chi connectivity index (χ2v) is 5.17. The van der Waals surface area contributed by atoms with E-state index >= 15 is 0 Å². The average molecular weight is 284 g/mol. The number of hydrogen-bond donors (Lipinski definition) is 1. The lowest BCUT2D eigenvalue weighted by Crippen LogP contribution is -2.26. The van der Waals surface area contributed by atoms with Crippen LogP contribution in [0.3, 0.4) is 0 Å². The topological polar surface area (TPSA) is 58.1 Å². The first-order valence-corrected chi connectivity index (χ1v) is 6.86. The highest BCUT2D eigenvalue weighted by Gasteiger charge is 2.06. The number of nitrogens with one attached hydrogen (secondary N) is 1. The van der Waals surface area contributed by atoms with Crippen molar-refractivity contribution >= 4 is 11.7 Å². The Balaban J connectivity index is 1.90. The molecule has 0 aliphatic heterocycles. The summed E-state index contributed by atoms with van der Waals surface area (Å²) in [6, 6.07) is 9.78. The molecular formula is C16H20N4O. The summed E-state index contributed by atoms with van der Waals surface area (Å²) in [4.78, 5) is 22.4. The molecule has 2 aromatic rings. The highest BCUT2D eigenvalue weighted by atomic mass is 16.1. The molecule has 0 radical (unpaired) electrons. The molecule has 0 aliphatic carbocycles. The van der Waals surface area contributed by atoms with Crippen LogP contribution >= 0.6 is 0 Å². The molecule has 110 valence electrons. The number of aromatic nitrogens is 2. The van der Waals surface area contributed by atoms with E-state index in [1.807, 2.05) is 56.3 Å². The van der Waals surface area contributed by atoms with E-state index in [-0.39, 0.29) is 5.91 Å². The van der Waals surface area contributed by atoms with E-state index < -0.39 is 0 Å². The van der Waals surface area contributed by atoms with Crippen molar-refractivity contribution in [3.05, 3.63) is 53.5 Å². The van der Waals surface area contributed by atoms with E-state index in [1.54, 1.807) is 6.20 Å². The zero-order valence-electron chi connectivity index (χ0n) is 12.6. The van der Waals surface area contributed by atoms with Crippen molar-refractivity contribution in [2.45, 2.75) is 19.9 Å². The molecule has 0 saturated heterocycles. The molecule has 2 rings (SSSR count). The van der Waals surface area contributed by atoms with Crippen molar-refractivity contribution in [2.75, 3.05) is 19.0 Å². The van der Waals surface area contributed by atoms with Crippen LogP contribution in [0.5, 0.6) is 0 Å². The lowest BCUT2D eigenvalue weighted by atomic mass is 10.1. The molecule has 1 amide bonds. The third kappa shape index (κ3) is 4.56. The van der Waals surface area contributed by atoms with Gasteiger partial charge in [0.25, 0.3) is 0 Å². The highest BCUT2D eigenvalue weighted by Crippen LogP contribution is 2.06. The van der Waals surface area contributed by atoms with Crippen molar-refractivity contribution < 1.29 is 4.79 Å². The van der Waals surface area contributed by atoms with Gasteiger partial charge in [-0.2, -0.15) is 0 Å². The molecule has 0 unspecified atom stereocenters. The minimum absolute atomic E-state index is 0.0283. The Labute approximate surface area is 125 Å². The molecule has 0 atom stereocenters. The van der Waals surface area contributed by atoms with Gasteiger partial charge in [0.05, 0.1) is 13.0 Å². The van der Waals surface area contributed by atoms with E-state index in [9.17, 15) is 4.79 Å². The van der Waals surface area contributed by atoms with Crippen LogP contribution in [0.4, 0.5) is 5.82 Å². The van der Waals surface area contributed by atoms with Gasteiger partial charge in [0.2, 0.25) is 5.91 Å². The third-order valence-electron chi connectivity index (χ3n) is 3.04. The van der Waals surface area contributed by atoms with Gasteiger partial charge in [0, 0.05) is 20.3 Å². The second kappa shape index (κ2) is 6.83. The SMILES string of the molecule is Cc1cccc(CC(=O)NCc2nccc(N(C)C)n2)c1. The van der Waals surface area contributed by atoms with Gasteiger partial charge in [-0.3, -0.25) is 4.79 Å². The van der Waals surface area contributed by atoms with Gasteiger partial charge in [0.15, 0.2) is 0 Å². The number of rotatable bonds is 5. The molecule has 1 aromatic heterocycles. The molecule has 0 aliphatic rings. The summed E-state index contributed by atoms with van der Waals surface area (Å²) in [6.45, 7) is 2.36. The van der Waals surface area contributed by atoms with Gasteiger partial charge in [-0.15, -0.1) is 0 Å². The van der Waals surface area contributed by atoms with Crippen LogP contribution in [0.1, 0.15) is 17.0 Å². The predicted molar refractivity (Wildman–Crippen MR) is 83.1 cm³/mol. The Bertz CT molecular complexity index is 625. The van der Waals surface area contributed by atoms with Gasteiger partial charge < -0.3 is 10.2 Å². The summed E-state index contributed by atoms with van der Waals surface area (Å²) in [5.74, 6) is 1.41. The molecule has 21 heavy (non-hydrogen) atoms. The van der Waals surface area contributed by atoms with Gasteiger partial charge >= 0.3 is 0 Å². The molecule has 5 nitrogen and oxygen atoms in total. The van der Waals surface area contributed by atoms with Gasteiger partial charge in [-0.05, 0) is 18.6 Å². The van der Waals surface area contributed by atoms with E-state index in [0.717, 1.165) is 16.9 Å². The molecule has 0 bridgehead atoms. The monoisotopic (exact) mass is 284 g/mol. The maximum Gasteiger partial charge on any atom is 0.224 e. The molecule has 1 heterocycles. The third-order valence-corrected chi connectivity index (χ3v) is 3.04. The van der Waals surface area contributed by atoms with Crippen LogP contribution < -0.4 is 10.2 Å². The molecule has 0 spiro atoms. The van der Waals surface area contributed by atoms with Gasteiger partial charge in [-0.1, -0.05) is 29.8 Å². The number of anilines is 1. The summed E-state index contributed by atoms with van der Waals surface area (Å²) in [6.07, 6.45) is 2.07. The van der Waals surface area contributed by atoms with Crippen LogP contribution in [-0.4, -0.2) is 30.0 Å². The summed E-state index contributed by atoms with van der Waals surface area (Å²) in [7, 11) is 3.84. The van der Waals surface area contributed by atoms with Gasteiger partial charge in [-0.25, -0.2) is 9.97 Å². The fourth-order valence-electron chi connectivity index (χ4n) is 1.97. The molecule has 1 N–H and O–H groups in total. The van der Waals surface area contributed by atoms with E-state index in [0.29, 0.717) is 18.8 Å². The first kappa shape index (κ1) is 15.0. The minimum atomic E-state index is -0.0283. The van der Waals surface area contributed by atoms with Crippen molar-refractivity contribution in [2.24, 2.45) is 0 Å². The molecule has 0 fully saturated rings. The number of aryl methyl sites for hydroxylation is 1. The highest BCUT2D eigenvalue weighted by molar-refractivity contribution is 5.78. The maximum absolute atomic E-state index is 11.9. The smallest absolute Gasteiger partial charge is 0.224 e. The van der Waals surface area contributed by atoms with Crippen LogP contribution in [0.15, 0.2) is 36.5 Å². The molecular weight excluding hydrogens is 264 g/mol. The fraction of sp³-hybridized carbons (Fsp3) is 0.312. The van der Waals surface area contributed by atoms with Crippen molar-refractivity contribution in [3.8, 4) is 0 Å².